The molecule has 1 aromatic carbocycles. The van der Waals surface area contributed by atoms with Gasteiger partial charge in [-0.15, -0.1) is 0 Å². The van der Waals surface area contributed by atoms with E-state index in [1.54, 1.807) is 0 Å². The molecule has 2 rings (SSSR count). The molecular formula is C18H30N2O. The molecule has 0 saturated carbocycles. The molecule has 1 aliphatic rings. The lowest BCUT2D eigenvalue weighted by Gasteiger charge is -2.26. The molecule has 0 aromatic heterocycles. The number of fused-ring (bicyclic) bond motifs is 1. The smallest absolute Gasteiger partial charge is 0.120 e. The molecule has 118 valence electrons. The van der Waals surface area contributed by atoms with Crippen LogP contribution in [0.25, 0.3) is 0 Å². The summed E-state index contributed by atoms with van der Waals surface area (Å²) >= 11 is 0. The van der Waals surface area contributed by atoms with Crippen LogP contribution in [0.3, 0.4) is 0 Å². The summed E-state index contributed by atoms with van der Waals surface area (Å²) in [5.74, 6) is 0.970. The number of hydrogen-bond donors (Lipinski definition) is 2. The monoisotopic (exact) mass is 290 g/mol. The zero-order chi connectivity index (χ0) is 15.6. The summed E-state index contributed by atoms with van der Waals surface area (Å²) in [6.07, 6.45) is 1.08. The van der Waals surface area contributed by atoms with E-state index in [1.807, 2.05) is 12.1 Å². The van der Waals surface area contributed by atoms with Crippen LogP contribution in [0.5, 0.6) is 5.75 Å². The fraction of sp³-hybridized carbons (Fsp3) is 0.667. The lowest BCUT2D eigenvalue weighted by atomic mass is 9.97. The standard InChI is InChI=1S/C18H30N2O/c1-6-20(7-2)11-14(5)19-15-10-13(4)17-12(3)8-9-16(21)18(15)17/h8-9,13-15,19,21H,6-7,10-11H2,1-5H3. The van der Waals surface area contributed by atoms with Gasteiger partial charge in [-0.05, 0) is 56.5 Å². The summed E-state index contributed by atoms with van der Waals surface area (Å²) < 4.78 is 0. The minimum absolute atomic E-state index is 0.278. The topological polar surface area (TPSA) is 35.5 Å². The number of phenolic OH excluding ortho intramolecular Hbond substituents is 1. The molecule has 0 saturated heterocycles. The molecule has 3 unspecified atom stereocenters. The van der Waals surface area contributed by atoms with E-state index < -0.39 is 0 Å². The Morgan fingerprint density at radius 2 is 1.95 bits per heavy atom. The highest BCUT2D eigenvalue weighted by Gasteiger charge is 2.32. The fourth-order valence-corrected chi connectivity index (χ4v) is 3.76. The lowest BCUT2D eigenvalue weighted by molar-refractivity contribution is 0.259. The second kappa shape index (κ2) is 6.80. The van der Waals surface area contributed by atoms with E-state index >= 15 is 0 Å². The molecule has 2 N–H and O–H groups in total. The minimum Gasteiger partial charge on any atom is -0.508 e. The van der Waals surface area contributed by atoms with E-state index in [0.29, 0.717) is 17.7 Å². The maximum Gasteiger partial charge on any atom is 0.120 e. The molecule has 0 spiro atoms. The van der Waals surface area contributed by atoms with Crippen molar-refractivity contribution in [2.24, 2.45) is 0 Å². The first-order chi connectivity index (χ1) is 9.97. The number of aryl methyl sites for hydroxylation is 1. The van der Waals surface area contributed by atoms with Gasteiger partial charge in [-0.2, -0.15) is 0 Å². The van der Waals surface area contributed by atoms with Gasteiger partial charge in [-0.3, -0.25) is 0 Å². The second-order valence-electron chi connectivity index (χ2n) is 6.47. The summed E-state index contributed by atoms with van der Waals surface area (Å²) in [5.41, 5.74) is 3.78. The third kappa shape index (κ3) is 3.41. The predicted molar refractivity (Wildman–Crippen MR) is 89.0 cm³/mol. The number of nitrogens with one attached hydrogen (secondary N) is 1. The largest absolute Gasteiger partial charge is 0.508 e. The molecular weight excluding hydrogens is 260 g/mol. The van der Waals surface area contributed by atoms with Crippen molar-refractivity contribution in [3.63, 3.8) is 0 Å². The number of phenols is 1. The molecule has 0 heterocycles. The predicted octanol–water partition coefficient (Wildman–Crippen LogP) is 3.57. The molecule has 3 atom stereocenters. The zero-order valence-electron chi connectivity index (χ0n) is 14.1. The van der Waals surface area contributed by atoms with Gasteiger partial charge in [0, 0.05) is 24.2 Å². The van der Waals surface area contributed by atoms with Crippen LogP contribution in [0.1, 0.15) is 62.8 Å². The number of benzene rings is 1. The summed E-state index contributed by atoms with van der Waals surface area (Å²) in [7, 11) is 0. The Hall–Kier alpha value is -1.06. The Bertz CT molecular complexity index is 482. The van der Waals surface area contributed by atoms with Crippen LogP contribution in [-0.4, -0.2) is 35.7 Å². The Balaban J connectivity index is 2.13. The highest BCUT2D eigenvalue weighted by atomic mass is 16.3. The number of rotatable bonds is 6. The maximum absolute atomic E-state index is 10.3. The molecule has 21 heavy (non-hydrogen) atoms. The molecule has 1 aliphatic carbocycles. The number of nitrogens with zero attached hydrogens (tertiary/aromatic N) is 1. The fourth-order valence-electron chi connectivity index (χ4n) is 3.76. The van der Waals surface area contributed by atoms with Gasteiger partial charge in [0.2, 0.25) is 0 Å². The van der Waals surface area contributed by atoms with Crippen molar-refractivity contribution in [1.29, 1.82) is 0 Å². The van der Waals surface area contributed by atoms with Crippen molar-refractivity contribution in [1.82, 2.24) is 10.2 Å². The van der Waals surface area contributed by atoms with Gasteiger partial charge < -0.3 is 15.3 Å². The summed E-state index contributed by atoms with van der Waals surface area (Å²) in [6.45, 7) is 14.3. The van der Waals surface area contributed by atoms with Crippen molar-refractivity contribution >= 4 is 0 Å². The zero-order valence-corrected chi connectivity index (χ0v) is 14.1. The molecule has 0 radical (unpaired) electrons. The summed E-state index contributed by atoms with van der Waals surface area (Å²) in [6, 6.07) is 4.58. The van der Waals surface area contributed by atoms with Gasteiger partial charge in [0.15, 0.2) is 0 Å². The first kappa shape index (κ1) is 16.3. The summed E-state index contributed by atoms with van der Waals surface area (Å²) in [5, 5.41) is 14.0. The molecule has 0 amide bonds. The Labute approximate surface area is 129 Å². The number of hydrogen-bond acceptors (Lipinski definition) is 3. The third-order valence-electron chi connectivity index (χ3n) is 4.82. The van der Waals surface area contributed by atoms with Crippen LogP contribution in [-0.2, 0) is 0 Å². The quantitative estimate of drug-likeness (QED) is 0.841. The first-order valence-corrected chi connectivity index (χ1v) is 8.28. The van der Waals surface area contributed by atoms with Crippen molar-refractivity contribution in [2.45, 2.75) is 59.0 Å². The maximum atomic E-state index is 10.3. The van der Waals surface area contributed by atoms with Gasteiger partial charge in [0.1, 0.15) is 5.75 Å². The van der Waals surface area contributed by atoms with E-state index in [9.17, 15) is 5.11 Å². The van der Waals surface area contributed by atoms with Crippen LogP contribution in [0.2, 0.25) is 0 Å². The summed E-state index contributed by atoms with van der Waals surface area (Å²) in [4.78, 5) is 2.44. The molecule has 0 fully saturated rings. The minimum atomic E-state index is 0.278. The molecule has 0 aliphatic heterocycles. The van der Waals surface area contributed by atoms with E-state index in [2.05, 4.69) is 44.8 Å². The molecule has 3 heteroatoms. The Kier molecular flexibility index (Phi) is 5.28. The first-order valence-electron chi connectivity index (χ1n) is 8.28. The van der Waals surface area contributed by atoms with E-state index in [4.69, 9.17) is 0 Å². The average Bonchev–Trinajstić information content (AvgIpc) is 2.78. The van der Waals surface area contributed by atoms with Crippen LogP contribution in [0, 0.1) is 6.92 Å². The number of aromatic hydroxyl groups is 1. The van der Waals surface area contributed by atoms with Crippen molar-refractivity contribution < 1.29 is 5.11 Å². The van der Waals surface area contributed by atoms with Crippen LogP contribution < -0.4 is 5.32 Å². The van der Waals surface area contributed by atoms with Gasteiger partial charge >= 0.3 is 0 Å². The van der Waals surface area contributed by atoms with Crippen molar-refractivity contribution in [2.75, 3.05) is 19.6 Å². The second-order valence-corrected chi connectivity index (χ2v) is 6.47. The van der Waals surface area contributed by atoms with Gasteiger partial charge in [-0.1, -0.05) is 26.8 Å². The molecule has 3 nitrogen and oxygen atoms in total. The van der Waals surface area contributed by atoms with E-state index in [1.165, 1.54) is 11.1 Å². The molecule has 0 bridgehead atoms. The van der Waals surface area contributed by atoms with E-state index in [-0.39, 0.29) is 6.04 Å². The van der Waals surface area contributed by atoms with Gasteiger partial charge in [0.05, 0.1) is 0 Å². The highest BCUT2D eigenvalue weighted by Crippen LogP contribution is 2.46. The van der Waals surface area contributed by atoms with Crippen LogP contribution in [0.4, 0.5) is 0 Å². The average molecular weight is 290 g/mol. The SMILES string of the molecule is CCN(CC)CC(C)NC1CC(C)c2c(C)ccc(O)c21. The van der Waals surface area contributed by atoms with Crippen LogP contribution in [0.15, 0.2) is 12.1 Å². The Morgan fingerprint density at radius 3 is 2.57 bits per heavy atom. The van der Waals surface area contributed by atoms with E-state index in [0.717, 1.165) is 31.6 Å². The lowest BCUT2D eigenvalue weighted by Crippen LogP contribution is -2.40. The van der Waals surface area contributed by atoms with Gasteiger partial charge in [-0.25, -0.2) is 0 Å². The highest BCUT2D eigenvalue weighted by molar-refractivity contribution is 5.50. The van der Waals surface area contributed by atoms with Gasteiger partial charge in [0.25, 0.3) is 0 Å². The van der Waals surface area contributed by atoms with Crippen molar-refractivity contribution in [3.8, 4) is 5.75 Å². The number of likely N-dealkylation sites (N-methyl/N-ethyl adjacent to an activating group) is 1. The van der Waals surface area contributed by atoms with Crippen molar-refractivity contribution in [3.05, 3.63) is 28.8 Å². The normalized spacial score (nSPS) is 22.6. The Morgan fingerprint density at radius 1 is 1.29 bits per heavy atom. The third-order valence-corrected chi connectivity index (χ3v) is 4.82. The molecule has 1 aromatic rings. The van der Waals surface area contributed by atoms with Crippen LogP contribution >= 0.6 is 0 Å².